The van der Waals surface area contributed by atoms with Crippen molar-refractivity contribution in [3.8, 4) is 0 Å². The van der Waals surface area contributed by atoms with Gasteiger partial charge in [0.25, 0.3) is 0 Å². The van der Waals surface area contributed by atoms with Gasteiger partial charge in [0.2, 0.25) is 0 Å². The molecule has 0 bridgehead atoms. The average Bonchev–Trinajstić information content (AvgIpc) is 2.32. The molecule has 0 radical (unpaired) electrons. The number of rotatable bonds is 0. The first kappa shape index (κ1) is 10.0. The smallest absolute Gasteiger partial charge is 0.197 e. The largest absolute Gasteiger partial charge is 0.354 e. The summed E-state index contributed by atoms with van der Waals surface area (Å²) >= 11 is 0. The Hall–Kier alpha value is -2.16. The summed E-state index contributed by atoms with van der Waals surface area (Å²) in [6.07, 6.45) is 0. The van der Waals surface area contributed by atoms with Crippen LogP contribution in [-0.2, 0) is 0 Å². The molecule has 1 N–H and O–H groups in total. The summed E-state index contributed by atoms with van der Waals surface area (Å²) in [4.78, 5) is 15.3. The summed E-state index contributed by atoms with van der Waals surface area (Å²) in [5.74, 6) is -0.349. The van der Waals surface area contributed by atoms with Gasteiger partial charge in [0.1, 0.15) is 5.82 Å². The lowest BCUT2D eigenvalue weighted by atomic mass is 10.1. The SMILES string of the molecule is Cc1cc2[nH]c3ccccc3c(=O)c2cc1F. The molecule has 84 valence electrons. The molecule has 3 heteroatoms. The number of benzene rings is 2. The molecule has 2 nitrogen and oxygen atoms in total. The monoisotopic (exact) mass is 227 g/mol. The van der Waals surface area contributed by atoms with Crippen LogP contribution in [0.5, 0.6) is 0 Å². The number of para-hydroxylation sites is 1. The number of fused-ring (bicyclic) bond motifs is 2. The molecule has 0 unspecified atom stereocenters. The fraction of sp³-hybridized carbons (Fsp3) is 0.0714. The lowest BCUT2D eigenvalue weighted by Gasteiger charge is -2.04. The average molecular weight is 227 g/mol. The molecule has 0 fully saturated rings. The second kappa shape index (κ2) is 3.42. The first-order chi connectivity index (χ1) is 8.16. The van der Waals surface area contributed by atoms with Gasteiger partial charge >= 0.3 is 0 Å². The van der Waals surface area contributed by atoms with Crippen LogP contribution in [0.4, 0.5) is 4.39 Å². The van der Waals surface area contributed by atoms with Crippen molar-refractivity contribution < 1.29 is 4.39 Å². The number of H-pyrrole nitrogens is 1. The Bertz CT molecular complexity index is 789. The molecule has 3 rings (SSSR count). The zero-order chi connectivity index (χ0) is 12.0. The molecule has 17 heavy (non-hydrogen) atoms. The van der Waals surface area contributed by atoms with E-state index in [0.29, 0.717) is 21.9 Å². The molecule has 0 aliphatic carbocycles. The van der Waals surface area contributed by atoms with Gasteiger partial charge in [0.05, 0.1) is 5.52 Å². The maximum Gasteiger partial charge on any atom is 0.197 e. The van der Waals surface area contributed by atoms with Crippen molar-refractivity contribution in [2.45, 2.75) is 6.92 Å². The summed E-state index contributed by atoms with van der Waals surface area (Å²) in [6.45, 7) is 1.68. The molecule has 1 aromatic heterocycles. The molecule has 0 saturated carbocycles. The van der Waals surface area contributed by atoms with Gasteiger partial charge in [0.15, 0.2) is 5.43 Å². The number of halogens is 1. The zero-order valence-electron chi connectivity index (χ0n) is 9.25. The third-order valence-electron chi connectivity index (χ3n) is 2.98. The van der Waals surface area contributed by atoms with Crippen LogP contribution in [0.3, 0.4) is 0 Å². The summed E-state index contributed by atoms with van der Waals surface area (Å²) in [5.41, 5.74) is 1.85. The van der Waals surface area contributed by atoms with Crippen LogP contribution in [0, 0.1) is 12.7 Å². The standard InChI is InChI=1S/C14H10FNO/c1-8-6-13-10(7-11(8)15)14(17)9-4-2-3-5-12(9)16-13/h2-7H,1H3,(H,16,17). The van der Waals surface area contributed by atoms with Gasteiger partial charge in [-0.25, -0.2) is 4.39 Å². The molecule has 0 aliphatic heterocycles. The topological polar surface area (TPSA) is 32.9 Å². The van der Waals surface area contributed by atoms with E-state index in [0.717, 1.165) is 5.52 Å². The van der Waals surface area contributed by atoms with Gasteiger partial charge < -0.3 is 4.98 Å². The lowest BCUT2D eigenvalue weighted by molar-refractivity contribution is 0.620. The van der Waals surface area contributed by atoms with E-state index in [-0.39, 0.29) is 11.2 Å². The van der Waals surface area contributed by atoms with Gasteiger partial charge in [-0.1, -0.05) is 12.1 Å². The van der Waals surface area contributed by atoms with Gasteiger partial charge in [-0.3, -0.25) is 4.79 Å². The molecule has 1 heterocycles. The number of nitrogens with one attached hydrogen (secondary N) is 1. The third-order valence-corrected chi connectivity index (χ3v) is 2.98. The number of hydrogen-bond donors (Lipinski definition) is 1. The summed E-state index contributed by atoms with van der Waals surface area (Å²) < 4.78 is 13.5. The molecule has 2 aromatic carbocycles. The Balaban J connectivity index is 2.60. The molecule has 0 aliphatic rings. The van der Waals surface area contributed by atoms with E-state index in [1.807, 2.05) is 12.1 Å². The minimum atomic E-state index is -0.349. The molecule has 3 aromatic rings. The van der Waals surface area contributed by atoms with E-state index in [4.69, 9.17) is 0 Å². The molecular formula is C14H10FNO. The van der Waals surface area contributed by atoms with Crippen molar-refractivity contribution in [3.63, 3.8) is 0 Å². The maximum absolute atomic E-state index is 13.5. The van der Waals surface area contributed by atoms with Crippen LogP contribution in [0.15, 0.2) is 41.2 Å². The maximum atomic E-state index is 13.5. The minimum Gasteiger partial charge on any atom is -0.354 e. The Kier molecular flexibility index (Phi) is 2.01. The number of aromatic nitrogens is 1. The Morgan fingerprint density at radius 1 is 1.06 bits per heavy atom. The predicted molar refractivity (Wildman–Crippen MR) is 66.8 cm³/mol. The zero-order valence-corrected chi connectivity index (χ0v) is 9.25. The van der Waals surface area contributed by atoms with E-state index in [9.17, 15) is 9.18 Å². The molecule has 0 atom stereocenters. The quantitative estimate of drug-likeness (QED) is 0.588. The number of hydrogen-bond acceptors (Lipinski definition) is 1. The highest BCUT2D eigenvalue weighted by atomic mass is 19.1. The van der Waals surface area contributed by atoms with Gasteiger partial charge in [-0.2, -0.15) is 0 Å². The molecule has 0 amide bonds. The van der Waals surface area contributed by atoms with E-state index in [1.165, 1.54) is 6.07 Å². The molecular weight excluding hydrogens is 217 g/mol. The first-order valence-corrected chi connectivity index (χ1v) is 5.38. The van der Waals surface area contributed by atoms with Crippen molar-refractivity contribution in [2.24, 2.45) is 0 Å². The lowest BCUT2D eigenvalue weighted by Crippen LogP contribution is -2.04. The van der Waals surface area contributed by atoms with E-state index in [2.05, 4.69) is 4.98 Å². The van der Waals surface area contributed by atoms with Gasteiger partial charge in [0, 0.05) is 16.3 Å². The third kappa shape index (κ3) is 1.43. The second-order valence-electron chi connectivity index (χ2n) is 4.15. The number of aryl methyl sites for hydroxylation is 1. The highest BCUT2D eigenvalue weighted by molar-refractivity contribution is 5.92. The Labute approximate surface area is 96.7 Å². The Morgan fingerprint density at radius 3 is 2.65 bits per heavy atom. The highest BCUT2D eigenvalue weighted by Crippen LogP contribution is 2.17. The van der Waals surface area contributed by atoms with Crippen LogP contribution in [0.1, 0.15) is 5.56 Å². The highest BCUT2D eigenvalue weighted by Gasteiger charge is 2.07. The van der Waals surface area contributed by atoms with E-state index in [1.54, 1.807) is 25.1 Å². The van der Waals surface area contributed by atoms with E-state index < -0.39 is 0 Å². The van der Waals surface area contributed by atoms with Crippen LogP contribution >= 0.6 is 0 Å². The number of pyridine rings is 1. The van der Waals surface area contributed by atoms with Crippen LogP contribution in [0.2, 0.25) is 0 Å². The first-order valence-electron chi connectivity index (χ1n) is 5.38. The van der Waals surface area contributed by atoms with Gasteiger partial charge in [-0.05, 0) is 36.8 Å². The fourth-order valence-corrected chi connectivity index (χ4v) is 2.05. The van der Waals surface area contributed by atoms with Gasteiger partial charge in [-0.15, -0.1) is 0 Å². The summed E-state index contributed by atoms with van der Waals surface area (Å²) in [6, 6.07) is 10.2. The normalized spacial score (nSPS) is 11.2. The van der Waals surface area contributed by atoms with Crippen molar-refractivity contribution in [1.82, 2.24) is 4.98 Å². The van der Waals surface area contributed by atoms with Crippen molar-refractivity contribution in [1.29, 1.82) is 0 Å². The summed E-state index contributed by atoms with van der Waals surface area (Å²) in [7, 11) is 0. The predicted octanol–water partition coefficient (Wildman–Crippen LogP) is 3.13. The van der Waals surface area contributed by atoms with Crippen LogP contribution in [0.25, 0.3) is 21.8 Å². The summed E-state index contributed by atoms with van der Waals surface area (Å²) in [5, 5.41) is 0.982. The Morgan fingerprint density at radius 2 is 1.82 bits per heavy atom. The number of aromatic amines is 1. The molecule has 0 spiro atoms. The van der Waals surface area contributed by atoms with Crippen LogP contribution < -0.4 is 5.43 Å². The fourth-order valence-electron chi connectivity index (χ4n) is 2.05. The second-order valence-corrected chi connectivity index (χ2v) is 4.15. The van der Waals surface area contributed by atoms with Crippen molar-refractivity contribution in [2.75, 3.05) is 0 Å². The minimum absolute atomic E-state index is 0.131. The van der Waals surface area contributed by atoms with Crippen molar-refractivity contribution >= 4 is 21.8 Å². The van der Waals surface area contributed by atoms with Crippen LogP contribution in [-0.4, -0.2) is 4.98 Å². The van der Waals surface area contributed by atoms with E-state index >= 15 is 0 Å². The van der Waals surface area contributed by atoms with Crippen molar-refractivity contribution in [3.05, 3.63) is 58.0 Å². The molecule has 0 saturated heterocycles.